The molecule has 0 bridgehead atoms. The second-order valence-electron chi connectivity index (χ2n) is 7.53. The fourth-order valence-electron chi connectivity index (χ4n) is 3.25. The normalized spacial score (nSPS) is 11.8. The summed E-state index contributed by atoms with van der Waals surface area (Å²) in [5, 5.41) is 4.33. The second kappa shape index (κ2) is 10.4. The van der Waals surface area contributed by atoms with Crippen LogP contribution in [0.3, 0.4) is 0 Å². The molecule has 0 N–H and O–H groups in total. The maximum absolute atomic E-state index is 13.0. The highest BCUT2D eigenvalue weighted by molar-refractivity contribution is 7.15. The minimum absolute atomic E-state index is 0.225. The molecule has 4 aromatic rings. The van der Waals surface area contributed by atoms with Gasteiger partial charge in [0.25, 0.3) is 11.1 Å². The lowest BCUT2D eigenvalue weighted by atomic mass is 10.1. The Morgan fingerprint density at radius 1 is 0.970 bits per heavy atom. The minimum Gasteiger partial charge on any atom is -0.494 e. The van der Waals surface area contributed by atoms with E-state index in [0.717, 1.165) is 41.1 Å². The van der Waals surface area contributed by atoms with Crippen LogP contribution in [0.15, 0.2) is 58.1 Å². The Hall–Kier alpha value is -3.52. The first-order valence-electron chi connectivity index (χ1n) is 11.0. The molecule has 8 heteroatoms. The molecule has 0 fully saturated rings. The first-order valence-corrected chi connectivity index (χ1v) is 11.8. The van der Waals surface area contributed by atoms with Gasteiger partial charge in [0.2, 0.25) is 4.96 Å². The van der Waals surface area contributed by atoms with Crippen LogP contribution in [0.2, 0.25) is 0 Å². The number of fused-ring (bicyclic) bond motifs is 1. The summed E-state index contributed by atoms with van der Waals surface area (Å²) in [7, 11) is 0. The van der Waals surface area contributed by atoms with Crippen molar-refractivity contribution in [2.75, 3.05) is 13.2 Å². The smallest absolute Gasteiger partial charge is 0.296 e. The van der Waals surface area contributed by atoms with Crippen molar-refractivity contribution in [1.82, 2.24) is 14.6 Å². The first kappa shape index (κ1) is 22.7. The van der Waals surface area contributed by atoms with Crippen molar-refractivity contribution < 1.29 is 9.47 Å². The monoisotopic (exact) mass is 463 g/mol. The Bertz CT molecular complexity index is 1410. The van der Waals surface area contributed by atoms with Crippen LogP contribution in [-0.4, -0.2) is 27.8 Å². The van der Waals surface area contributed by atoms with Gasteiger partial charge >= 0.3 is 0 Å². The Labute approximate surface area is 195 Å². The molecule has 33 heavy (non-hydrogen) atoms. The molecule has 0 aliphatic heterocycles. The summed E-state index contributed by atoms with van der Waals surface area (Å²) in [6.07, 6.45) is 3.86. The van der Waals surface area contributed by atoms with Crippen molar-refractivity contribution in [3.63, 3.8) is 0 Å². The molecule has 2 aromatic heterocycles. The summed E-state index contributed by atoms with van der Waals surface area (Å²) in [5.41, 5.74) is 1.17. The summed E-state index contributed by atoms with van der Waals surface area (Å²) in [6.45, 7) is 5.33. The Morgan fingerprint density at radius 2 is 1.70 bits per heavy atom. The number of aromatic nitrogens is 3. The van der Waals surface area contributed by atoms with Crippen molar-refractivity contribution in [2.24, 2.45) is 0 Å². The summed E-state index contributed by atoms with van der Waals surface area (Å²) in [4.78, 5) is 29.9. The zero-order chi connectivity index (χ0) is 23.2. The van der Waals surface area contributed by atoms with Gasteiger partial charge in [-0.2, -0.15) is 14.6 Å². The summed E-state index contributed by atoms with van der Waals surface area (Å²) < 4.78 is 13.0. The quantitative estimate of drug-likeness (QED) is 0.379. The molecular weight excluding hydrogens is 438 g/mol. The van der Waals surface area contributed by atoms with Crippen LogP contribution in [0.4, 0.5) is 0 Å². The van der Waals surface area contributed by atoms with E-state index in [1.165, 1.54) is 4.52 Å². The van der Waals surface area contributed by atoms with E-state index in [1.807, 2.05) is 62.4 Å². The molecule has 0 spiro atoms. The van der Waals surface area contributed by atoms with E-state index in [0.29, 0.717) is 23.5 Å². The molecule has 0 atom stereocenters. The Kier molecular flexibility index (Phi) is 7.14. The molecule has 0 aliphatic carbocycles. The van der Waals surface area contributed by atoms with Crippen LogP contribution in [0.25, 0.3) is 11.0 Å². The van der Waals surface area contributed by atoms with Gasteiger partial charge in [-0.1, -0.05) is 55.5 Å². The molecule has 0 amide bonds. The Morgan fingerprint density at radius 3 is 2.45 bits per heavy atom. The third kappa shape index (κ3) is 5.28. The number of nitrogens with zero attached hydrogens (tertiary/aromatic N) is 3. The fraction of sp³-hybridized carbons (Fsp3) is 0.280. The van der Waals surface area contributed by atoms with Crippen molar-refractivity contribution >= 4 is 22.4 Å². The molecule has 4 rings (SSSR count). The lowest BCUT2D eigenvalue weighted by Crippen LogP contribution is -2.28. The molecule has 2 aromatic carbocycles. The lowest BCUT2D eigenvalue weighted by molar-refractivity contribution is 0.317. The van der Waals surface area contributed by atoms with E-state index in [-0.39, 0.29) is 22.6 Å². The van der Waals surface area contributed by atoms with Crippen molar-refractivity contribution in [2.45, 2.75) is 33.1 Å². The summed E-state index contributed by atoms with van der Waals surface area (Å²) >= 11 is 1.14. The second-order valence-corrected chi connectivity index (χ2v) is 8.54. The van der Waals surface area contributed by atoms with Crippen LogP contribution in [0.5, 0.6) is 11.5 Å². The van der Waals surface area contributed by atoms with Gasteiger partial charge in [-0.25, -0.2) is 0 Å². The van der Waals surface area contributed by atoms with Gasteiger partial charge in [0.1, 0.15) is 17.2 Å². The molecule has 0 saturated carbocycles. The molecule has 0 unspecified atom stereocenters. The van der Waals surface area contributed by atoms with Crippen LogP contribution < -0.4 is 25.1 Å². The van der Waals surface area contributed by atoms with Crippen LogP contribution in [-0.2, 0) is 6.42 Å². The highest BCUT2D eigenvalue weighted by Crippen LogP contribution is 2.19. The number of benzene rings is 2. The summed E-state index contributed by atoms with van der Waals surface area (Å²) in [6, 6.07) is 15.0. The molecule has 0 radical (unpaired) electrons. The number of ether oxygens (including phenoxy) is 2. The predicted molar refractivity (Wildman–Crippen MR) is 129 cm³/mol. The SMILES string of the molecule is CCCOc1ccc(Cc2nn3c(=O)c(=Cc4ccccc4OCCC)sc3nc2=O)cc1. The highest BCUT2D eigenvalue weighted by Gasteiger charge is 2.12. The number of para-hydroxylation sites is 1. The summed E-state index contributed by atoms with van der Waals surface area (Å²) in [5.74, 6) is 1.49. The fourth-order valence-corrected chi connectivity index (χ4v) is 4.15. The third-order valence-corrected chi connectivity index (χ3v) is 5.84. The Balaban J connectivity index is 1.66. The zero-order valence-corrected chi connectivity index (χ0v) is 19.4. The van der Waals surface area contributed by atoms with Crippen molar-refractivity contribution in [3.8, 4) is 11.5 Å². The van der Waals surface area contributed by atoms with Gasteiger partial charge in [-0.05, 0) is 42.7 Å². The number of rotatable bonds is 9. The van der Waals surface area contributed by atoms with Crippen LogP contribution >= 0.6 is 11.3 Å². The van der Waals surface area contributed by atoms with E-state index in [4.69, 9.17) is 9.47 Å². The van der Waals surface area contributed by atoms with E-state index in [9.17, 15) is 9.59 Å². The number of hydrogen-bond acceptors (Lipinski definition) is 7. The van der Waals surface area contributed by atoms with Gasteiger partial charge in [0, 0.05) is 12.0 Å². The molecular formula is C25H25N3O4S. The van der Waals surface area contributed by atoms with Gasteiger partial charge in [0.05, 0.1) is 17.7 Å². The number of thiazole rings is 1. The standard InChI is InChI=1S/C25H25N3O4S/c1-3-13-31-19-11-9-17(10-12-19)15-20-23(29)26-25-28(27-20)24(30)22(33-25)16-18-7-5-6-8-21(18)32-14-4-2/h5-12,16H,3-4,13-15H2,1-2H3. The van der Waals surface area contributed by atoms with Crippen molar-refractivity contribution in [3.05, 3.63) is 90.6 Å². The maximum Gasteiger partial charge on any atom is 0.296 e. The average molecular weight is 464 g/mol. The van der Waals surface area contributed by atoms with Crippen LogP contribution in [0, 0.1) is 0 Å². The third-order valence-electron chi connectivity index (χ3n) is 4.89. The average Bonchev–Trinajstić information content (AvgIpc) is 3.12. The maximum atomic E-state index is 13.0. The minimum atomic E-state index is -0.430. The van der Waals surface area contributed by atoms with E-state index in [2.05, 4.69) is 10.1 Å². The van der Waals surface area contributed by atoms with Crippen molar-refractivity contribution in [1.29, 1.82) is 0 Å². The van der Waals surface area contributed by atoms with Crippen LogP contribution in [0.1, 0.15) is 43.5 Å². The zero-order valence-electron chi connectivity index (χ0n) is 18.6. The molecule has 2 heterocycles. The van der Waals surface area contributed by atoms with E-state index >= 15 is 0 Å². The first-order chi connectivity index (χ1) is 16.1. The van der Waals surface area contributed by atoms with Gasteiger partial charge in [-0.15, -0.1) is 0 Å². The van der Waals surface area contributed by atoms with E-state index < -0.39 is 5.56 Å². The lowest BCUT2D eigenvalue weighted by Gasteiger charge is -2.07. The molecule has 0 saturated heterocycles. The largest absolute Gasteiger partial charge is 0.494 e. The predicted octanol–water partition coefficient (Wildman–Crippen LogP) is 3.23. The number of hydrogen-bond donors (Lipinski definition) is 0. The van der Waals surface area contributed by atoms with Gasteiger partial charge < -0.3 is 9.47 Å². The van der Waals surface area contributed by atoms with Gasteiger partial charge in [0.15, 0.2) is 0 Å². The topological polar surface area (TPSA) is 82.8 Å². The molecule has 7 nitrogen and oxygen atoms in total. The van der Waals surface area contributed by atoms with Gasteiger partial charge in [-0.3, -0.25) is 9.59 Å². The molecule has 0 aliphatic rings. The highest BCUT2D eigenvalue weighted by atomic mass is 32.1. The van der Waals surface area contributed by atoms with E-state index in [1.54, 1.807) is 6.08 Å². The molecule has 170 valence electrons.